The number of nitrogens with one attached hydrogen (secondary N) is 1. The number of aromatic nitrogens is 2. The van der Waals surface area contributed by atoms with Crippen LogP contribution in [0.3, 0.4) is 0 Å². The second-order valence-corrected chi connectivity index (χ2v) is 4.23. The van der Waals surface area contributed by atoms with E-state index in [1.165, 1.54) is 5.56 Å². The van der Waals surface area contributed by atoms with Crippen molar-refractivity contribution in [2.24, 2.45) is 0 Å². The van der Waals surface area contributed by atoms with Gasteiger partial charge in [-0.3, -0.25) is 0 Å². The van der Waals surface area contributed by atoms with Crippen LogP contribution in [0, 0.1) is 6.92 Å². The summed E-state index contributed by atoms with van der Waals surface area (Å²) in [5.41, 5.74) is 3.25. The molecule has 0 unspecified atom stereocenters. The minimum absolute atomic E-state index is 0.789. The number of benzene rings is 1. The number of hydrogen-bond acceptors (Lipinski definition) is 3. The van der Waals surface area contributed by atoms with E-state index < -0.39 is 0 Å². The molecule has 0 bridgehead atoms. The molecule has 0 fully saturated rings. The standard InChI is InChI=1S/C14H19N3O/c1-4-15-8-12-9-17(10-16-12)13-7-11(2)5-6-14(13)18-3/h5-7,9-10,15H,4,8H2,1-3H3. The topological polar surface area (TPSA) is 39.1 Å². The fraction of sp³-hybridized carbons (Fsp3) is 0.357. The lowest BCUT2D eigenvalue weighted by atomic mass is 10.2. The van der Waals surface area contributed by atoms with E-state index in [-0.39, 0.29) is 0 Å². The summed E-state index contributed by atoms with van der Waals surface area (Å²) in [6, 6.07) is 6.12. The Morgan fingerprint density at radius 2 is 2.22 bits per heavy atom. The summed E-state index contributed by atoms with van der Waals surface area (Å²) >= 11 is 0. The second kappa shape index (κ2) is 5.69. The molecule has 1 heterocycles. The Morgan fingerprint density at radius 1 is 1.39 bits per heavy atom. The molecule has 1 N–H and O–H groups in total. The van der Waals surface area contributed by atoms with E-state index in [0.29, 0.717) is 0 Å². The smallest absolute Gasteiger partial charge is 0.142 e. The van der Waals surface area contributed by atoms with Crippen LogP contribution in [0.2, 0.25) is 0 Å². The van der Waals surface area contributed by atoms with Crippen molar-refractivity contribution in [1.29, 1.82) is 0 Å². The molecule has 0 aliphatic rings. The zero-order chi connectivity index (χ0) is 13.0. The third kappa shape index (κ3) is 2.71. The van der Waals surface area contributed by atoms with Gasteiger partial charge in [0.25, 0.3) is 0 Å². The lowest BCUT2D eigenvalue weighted by Gasteiger charge is -2.09. The third-order valence-electron chi connectivity index (χ3n) is 2.80. The van der Waals surface area contributed by atoms with Crippen molar-refractivity contribution in [2.45, 2.75) is 20.4 Å². The van der Waals surface area contributed by atoms with Crippen LogP contribution in [0.25, 0.3) is 5.69 Å². The molecule has 0 aliphatic carbocycles. The first-order valence-corrected chi connectivity index (χ1v) is 6.13. The molecule has 1 aromatic heterocycles. The highest BCUT2D eigenvalue weighted by atomic mass is 16.5. The zero-order valence-electron chi connectivity index (χ0n) is 11.1. The summed E-state index contributed by atoms with van der Waals surface area (Å²) < 4.78 is 7.38. The van der Waals surface area contributed by atoms with Gasteiger partial charge in [-0.15, -0.1) is 0 Å². The molecule has 0 radical (unpaired) electrons. The molecule has 18 heavy (non-hydrogen) atoms. The monoisotopic (exact) mass is 245 g/mol. The fourth-order valence-corrected chi connectivity index (χ4v) is 1.84. The van der Waals surface area contributed by atoms with Crippen LogP contribution in [0.1, 0.15) is 18.2 Å². The summed E-state index contributed by atoms with van der Waals surface area (Å²) in [6.07, 6.45) is 3.85. The summed E-state index contributed by atoms with van der Waals surface area (Å²) in [5, 5.41) is 3.26. The predicted molar refractivity (Wildman–Crippen MR) is 72.2 cm³/mol. The Balaban J connectivity index is 2.30. The Morgan fingerprint density at radius 3 is 2.94 bits per heavy atom. The SMILES string of the molecule is CCNCc1cn(-c2cc(C)ccc2OC)cn1. The molecule has 1 aromatic carbocycles. The number of nitrogens with zero attached hydrogens (tertiary/aromatic N) is 2. The summed E-state index contributed by atoms with van der Waals surface area (Å²) in [6.45, 7) is 5.89. The summed E-state index contributed by atoms with van der Waals surface area (Å²) in [5.74, 6) is 0.855. The molecular formula is C14H19N3O. The molecule has 4 heteroatoms. The molecular weight excluding hydrogens is 226 g/mol. The molecule has 0 aliphatic heterocycles. The van der Waals surface area contributed by atoms with Gasteiger partial charge in [-0.1, -0.05) is 13.0 Å². The van der Waals surface area contributed by atoms with Gasteiger partial charge in [0.05, 0.1) is 24.8 Å². The van der Waals surface area contributed by atoms with Crippen molar-refractivity contribution < 1.29 is 4.74 Å². The van der Waals surface area contributed by atoms with Crippen LogP contribution in [0.5, 0.6) is 5.75 Å². The highest BCUT2D eigenvalue weighted by molar-refractivity contribution is 5.49. The first-order valence-electron chi connectivity index (χ1n) is 6.13. The Hall–Kier alpha value is -1.81. The van der Waals surface area contributed by atoms with Crippen LogP contribution in [0.15, 0.2) is 30.7 Å². The lowest BCUT2D eigenvalue weighted by molar-refractivity contribution is 0.412. The van der Waals surface area contributed by atoms with Gasteiger partial charge in [0.15, 0.2) is 0 Å². The third-order valence-corrected chi connectivity index (χ3v) is 2.80. The Kier molecular flexibility index (Phi) is 3.99. The van der Waals surface area contributed by atoms with Crippen LogP contribution >= 0.6 is 0 Å². The quantitative estimate of drug-likeness (QED) is 0.878. The lowest BCUT2D eigenvalue weighted by Crippen LogP contribution is -2.11. The molecule has 0 atom stereocenters. The molecule has 0 amide bonds. The van der Waals surface area contributed by atoms with Crippen molar-refractivity contribution in [1.82, 2.24) is 14.9 Å². The maximum atomic E-state index is 5.38. The van der Waals surface area contributed by atoms with Gasteiger partial charge in [0.1, 0.15) is 5.75 Å². The van der Waals surface area contributed by atoms with Crippen LogP contribution in [-0.4, -0.2) is 23.2 Å². The molecule has 0 saturated carbocycles. The van der Waals surface area contributed by atoms with Gasteiger partial charge in [-0.2, -0.15) is 0 Å². The van der Waals surface area contributed by atoms with Crippen molar-refractivity contribution in [3.8, 4) is 11.4 Å². The van der Waals surface area contributed by atoms with Gasteiger partial charge in [0, 0.05) is 12.7 Å². The van der Waals surface area contributed by atoms with Gasteiger partial charge >= 0.3 is 0 Å². The molecule has 2 aromatic rings. The first-order chi connectivity index (χ1) is 8.74. The van der Waals surface area contributed by atoms with E-state index in [0.717, 1.165) is 30.2 Å². The van der Waals surface area contributed by atoms with E-state index in [1.807, 2.05) is 29.2 Å². The average molecular weight is 245 g/mol. The van der Waals surface area contributed by atoms with Crippen LogP contribution in [0.4, 0.5) is 0 Å². The molecule has 0 saturated heterocycles. The van der Waals surface area contributed by atoms with Gasteiger partial charge in [0.2, 0.25) is 0 Å². The minimum atomic E-state index is 0.789. The van der Waals surface area contributed by atoms with Gasteiger partial charge in [-0.05, 0) is 31.2 Å². The van der Waals surface area contributed by atoms with Crippen molar-refractivity contribution in [2.75, 3.05) is 13.7 Å². The summed E-state index contributed by atoms with van der Waals surface area (Å²) in [4.78, 5) is 4.38. The average Bonchev–Trinajstić information content (AvgIpc) is 2.85. The number of ether oxygens (including phenoxy) is 1. The number of methoxy groups -OCH3 is 1. The maximum absolute atomic E-state index is 5.38. The van der Waals surface area contributed by atoms with Crippen molar-refractivity contribution in [3.63, 3.8) is 0 Å². The molecule has 0 spiro atoms. The number of imidazole rings is 1. The highest BCUT2D eigenvalue weighted by Crippen LogP contribution is 2.23. The van der Waals surface area contributed by atoms with E-state index >= 15 is 0 Å². The predicted octanol–water partition coefficient (Wildman–Crippen LogP) is 2.30. The molecule has 2 rings (SSSR count). The first kappa shape index (κ1) is 12.6. The van der Waals surface area contributed by atoms with E-state index in [1.54, 1.807) is 7.11 Å². The minimum Gasteiger partial charge on any atom is -0.495 e. The van der Waals surface area contributed by atoms with Gasteiger partial charge in [-0.25, -0.2) is 4.98 Å². The van der Waals surface area contributed by atoms with Crippen LogP contribution in [-0.2, 0) is 6.54 Å². The molecule has 4 nitrogen and oxygen atoms in total. The van der Waals surface area contributed by atoms with E-state index in [4.69, 9.17) is 4.74 Å². The largest absolute Gasteiger partial charge is 0.495 e. The number of aryl methyl sites for hydroxylation is 1. The van der Waals surface area contributed by atoms with Crippen LogP contribution < -0.4 is 10.1 Å². The second-order valence-electron chi connectivity index (χ2n) is 4.23. The number of rotatable bonds is 5. The van der Waals surface area contributed by atoms with E-state index in [2.05, 4.69) is 30.2 Å². The van der Waals surface area contributed by atoms with Crippen molar-refractivity contribution >= 4 is 0 Å². The van der Waals surface area contributed by atoms with E-state index in [9.17, 15) is 0 Å². The highest BCUT2D eigenvalue weighted by Gasteiger charge is 2.06. The fourth-order valence-electron chi connectivity index (χ4n) is 1.84. The van der Waals surface area contributed by atoms with Gasteiger partial charge < -0.3 is 14.6 Å². The summed E-state index contributed by atoms with van der Waals surface area (Å²) in [7, 11) is 1.69. The Bertz CT molecular complexity index is 520. The zero-order valence-corrected chi connectivity index (χ0v) is 11.1. The van der Waals surface area contributed by atoms with Crippen molar-refractivity contribution in [3.05, 3.63) is 42.0 Å². The normalized spacial score (nSPS) is 10.6. The molecule has 96 valence electrons. The Labute approximate surface area is 108 Å². The maximum Gasteiger partial charge on any atom is 0.142 e. The number of hydrogen-bond donors (Lipinski definition) is 1.